The second kappa shape index (κ2) is 3.58. The maximum Gasteiger partial charge on any atom is 0.346 e. The molecule has 0 fully saturated rings. The van der Waals surface area contributed by atoms with Crippen LogP contribution < -0.4 is 17.4 Å². The van der Waals surface area contributed by atoms with Gasteiger partial charge < -0.3 is 12.4 Å². The molecule has 1 rings (SSSR count). The van der Waals surface area contributed by atoms with Crippen LogP contribution in [-0.4, -0.2) is 4.98 Å². The Kier molecular flexibility index (Phi) is 3.42. The Balaban J connectivity index is 0.000000640. The zero-order valence-electron chi connectivity index (χ0n) is 4.94. The van der Waals surface area contributed by atoms with Gasteiger partial charge in [0, 0.05) is 18.3 Å². The van der Waals surface area contributed by atoms with E-state index in [0.29, 0.717) is 4.77 Å². The molecule has 2 nitrogen and oxygen atoms in total. The van der Waals surface area contributed by atoms with Crippen LogP contribution in [0.25, 0.3) is 0 Å². The van der Waals surface area contributed by atoms with E-state index in [9.17, 15) is 0 Å². The van der Waals surface area contributed by atoms with Crippen LogP contribution in [0.3, 0.4) is 0 Å². The highest BCUT2D eigenvalue weighted by Crippen LogP contribution is 1.82. The number of nitrogens with one attached hydrogen (secondary N) is 2. The summed E-state index contributed by atoms with van der Waals surface area (Å²) in [7, 11) is 0. The van der Waals surface area contributed by atoms with E-state index in [-0.39, 0.29) is 12.4 Å². The van der Waals surface area contributed by atoms with Gasteiger partial charge in [0.2, 0.25) is 0 Å². The van der Waals surface area contributed by atoms with Gasteiger partial charge in [-0.15, -0.1) is 0 Å². The van der Waals surface area contributed by atoms with Gasteiger partial charge >= 0.3 is 4.77 Å². The van der Waals surface area contributed by atoms with Crippen LogP contribution in [0.5, 0.6) is 0 Å². The number of aryl methyl sites for hydroxylation is 1. The lowest BCUT2D eigenvalue weighted by molar-refractivity contribution is -0.391. The Morgan fingerprint density at radius 2 is 2.33 bits per heavy atom. The fraction of sp³-hybridized carbons (Fsp3) is 0.200. The zero-order chi connectivity index (χ0) is 5.98. The molecule has 0 unspecified atom stereocenters. The van der Waals surface area contributed by atoms with Crippen molar-refractivity contribution in [2.45, 2.75) is 6.92 Å². The fourth-order valence-electron chi connectivity index (χ4n) is 0.499. The predicted octanol–water partition coefficient (Wildman–Crippen LogP) is -2.13. The van der Waals surface area contributed by atoms with E-state index in [0.717, 1.165) is 5.69 Å². The van der Waals surface area contributed by atoms with Crippen molar-refractivity contribution in [1.29, 1.82) is 0 Å². The third kappa shape index (κ3) is 2.58. The van der Waals surface area contributed by atoms with Crippen molar-refractivity contribution < 1.29 is 17.4 Å². The summed E-state index contributed by atoms with van der Waals surface area (Å²) in [4.78, 5) is 5.76. The number of halogens is 1. The third-order valence-electron chi connectivity index (χ3n) is 0.858. The lowest BCUT2D eigenvalue weighted by Gasteiger charge is -1.79. The minimum absolute atomic E-state index is 0. The highest BCUT2D eigenvalue weighted by atomic mass is 35.5. The van der Waals surface area contributed by atoms with Crippen LogP contribution in [-0.2, 0) is 0 Å². The molecule has 0 bridgehead atoms. The maximum atomic E-state index is 4.79. The fourth-order valence-corrected chi connectivity index (χ4v) is 0.728. The normalized spacial score (nSPS) is 8.11. The number of rotatable bonds is 0. The SMILES string of the molecule is Cc1cc[nH+]c(=S)[nH]1.[Cl-]. The van der Waals surface area contributed by atoms with Gasteiger partial charge in [0.1, 0.15) is 5.69 Å². The van der Waals surface area contributed by atoms with Crippen molar-refractivity contribution >= 4 is 12.2 Å². The van der Waals surface area contributed by atoms with Gasteiger partial charge in [0.15, 0.2) is 0 Å². The number of aromatic nitrogens is 2. The maximum absolute atomic E-state index is 4.79. The molecule has 0 spiro atoms. The van der Waals surface area contributed by atoms with Crippen molar-refractivity contribution in [2.24, 2.45) is 0 Å². The molecule has 9 heavy (non-hydrogen) atoms. The molecule has 1 aromatic rings. The molecule has 0 aliphatic rings. The Labute approximate surface area is 64.7 Å². The monoisotopic (exact) mass is 162 g/mol. The van der Waals surface area contributed by atoms with E-state index >= 15 is 0 Å². The Morgan fingerprint density at radius 1 is 1.67 bits per heavy atom. The molecule has 0 aromatic carbocycles. The molecule has 4 heteroatoms. The zero-order valence-corrected chi connectivity index (χ0v) is 6.51. The van der Waals surface area contributed by atoms with Gasteiger partial charge in [0.05, 0.1) is 6.20 Å². The first kappa shape index (κ1) is 8.59. The molecule has 50 valence electrons. The molecule has 0 aliphatic carbocycles. The van der Waals surface area contributed by atoms with Gasteiger partial charge in [0.25, 0.3) is 0 Å². The average Bonchev–Trinajstić information content (AvgIpc) is 1.64. The van der Waals surface area contributed by atoms with Crippen LogP contribution in [0.15, 0.2) is 12.3 Å². The average molecular weight is 163 g/mol. The Morgan fingerprint density at radius 3 is 2.67 bits per heavy atom. The second-order valence-corrected chi connectivity index (χ2v) is 2.02. The smallest absolute Gasteiger partial charge is 0.346 e. The van der Waals surface area contributed by atoms with Crippen molar-refractivity contribution in [1.82, 2.24) is 4.98 Å². The molecule has 0 saturated carbocycles. The van der Waals surface area contributed by atoms with Crippen molar-refractivity contribution in [3.8, 4) is 0 Å². The molecule has 0 atom stereocenters. The van der Waals surface area contributed by atoms with Crippen molar-refractivity contribution in [3.05, 3.63) is 22.7 Å². The first-order valence-electron chi connectivity index (χ1n) is 2.36. The van der Waals surface area contributed by atoms with Gasteiger partial charge in [-0.1, -0.05) is 0 Å². The second-order valence-electron chi connectivity index (χ2n) is 1.61. The Bertz CT molecular complexity index is 232. The molecular weight excluding hydrogens is 156 g/mol. The quantitative estimate of drug-likeness (QED) is 0.434. The summed E-state index contributed by atoms with van der Waals surface area (Å²) < 4.78 is 0.671. The standard InChI is InChI=1S/C5H6N2S.ClH/c1-4-2-3-6-5(8)7-4;/h2-3H,1H3,(H,6,7,8);1H. The first-order valence-corrected chi connectivity index (χ1v) is 2.77. The van der Waals surface area contributed by atoms with E-state index in [1.165, 1.54) is 0 Å². The topological polar surface area (TPSA) is 29.9 Å². The Hall–Kier alpha value is -0.410. The summed E-state index contributed by atoms with van der Waals surface area (Å²) >= 11 is 4.79. The minimum atomic E-state index is 0. The molecule has 0 amide bonds. The van der Waals surface area contributed by atoms with Crippen molar-refractivity contribution in [2.75, 3.05) is 0 Å². The van der Waals surface area contributed by atoms with Gasteiger partial charge in [-0.05, 0) is 6.92 Å². The summed E-state index contributed by atoms with van der Waals surface area (Å²) in [5.74, 6) is 0. The van der Waals surface area contributed by atoms with Crippen LogP contribution in [0.4, 0.5) is 0 Å². The highest BCUT2D eigenvalue weighted by molar-refractivity contribution is 7.71. The van der Waals surface area contributed by atoms with Crippen LogP contribution in [0, 0.1) is 11.7 Å². The number of aromatic amines is 2. The largest absolute Gasteiger partial charge is 1.00 e. The van der Waals surface area contributed by atoms with Gasteiger partial charge in [-0.3, -0.25) is 0 Å². The number of hydrogen-bond donors (Lipinski definition) is 1. The number of hydrogen-bond acceptors (Lipinski definition) is 1. The first-order chi connectivity index (χ1) is 3.79. The summed E-state index contributed by atoms with van der Waals surface area (Å²) in [5.41, 5.74) is 1.08. The van der Waals surface area contributed by atoms with Crippen molar-refractivity contribution in [3.63, 3.8) is 0 Å². The molecule has 1 heterocycles. The molecule has 2 N–H and O–H groups in total. The summed E-state index contributed by atoms with van der Waals surface area (Å²) in [6.45, 7) is 1.96. The van der Waals surface area contributed by atoms with E-state index in [1.54, 1.807) is 0 Å². The minimum Gasteiger partial charge on any atom is -1.00 e. The van der Waals surface area contributed by atoms with E-state index in [2.05, 4.69) is 9.97 Å². The summed E-state index contributed by atoms with van der Waals surface area (Å²) in [6, 6.07) is 1.93. The summed E-state index contributed by atoms with van der Waals surface area (Å²) in [5, 5.41) is 0. The molecule has 0 saturated heterocycles. The molecule has 0 radical (unpaired) electrons. The summed E-state index contributed by atoms with van der Waals surface area (Å²) in [6.07, 6.45) is 1.81. The van der Waals surface area contributed by atoms with E-state index in [1.807, 2.05) is 19.2 Å². The lowest BCUT2D eigenvalue weighted by Crippen LogP contribution is -3.00. The third-order valence-corrected chi connectivity index (χ3v) is 1.08. The molecule has 0 aliphatic heterocycles. The van der Waals surface area contributed by atoms with Gasteiger partial charge in [-0.2, -0.15) is 0 Å². The molecule has 1 aromatic heterocycles. The van der Waals surface area contributed by atoms with Crippen LogP contribution in [0.1, 0.15) is 5.69 Å². The van der Waals surface area contributed by atoms with Crippen LogP contribution >= 0.6 is 12.2 Å². The predicted molar refractivity (Wildman–Crippen MR) is 32.9 cm³/mol. The van der Waals surface area contributed by atoms with Gasteiger partial charge in [-0.25, -0.2) is 9.97 Å². The van der Waals surface area contributed by atoms with E-state index in [4.69, 9.17) is 12.2 Å². The van der Waals surface area contributed by atoms with Crippen LogP contribution in [0.2, 0.25) is 0 Å². The van der Waals surface area contributed by atoms with E-state index < -0.39 is 0 Å². The lowest BCUT2D eigenvalue weighted by atomic mass is 10.5. The molecular formula is C5H7ClN2S. The number of H-pyrrole nitrogens is 2. The highest BCUT2D eigenvalue weighted by Gasteiger charge is 1.85.